The van der Waals surface area contributed by atoms with Crippen LogP contribution < -0.4 is 10.6 Å². The zero-order valence-electron chi connectivity index (χ0n) is 12.8. The lowest BCUT2D eigenvalue weighted by Crippen LogP contribution is -2.46. The van der Waals surface area contributed by atoms with Gasteiger partial charge in [-0.1, -0.05) is 0 Å². The standard InChI is InChI=1S/C14H19BrN4O3.ClH/c1-16-10-3-2-6-18(8-10)9-14(20)17-13-5-4-11(19(21)22)7-12(13)15;/h4-5,7,10,16H,2-3,6,8-9H2,1H3,(H,17,20);1H. The monoisotopic (exact) mass is 406 g/mol. The first-order valence-corrected chi connectivity index (χ1v) is 7.92. The maximum Gasteiger partial charge on any atom is 0.270 e. The summed E-state index contributed by atoms with van der Waals surface area (Å²) in [6.45, 7) is 2.08. The maximum absolute atomic E-state index is 12.1. The Kier molecular flexibility index (Phi) is 7.90. The van der Waals surface area contributed by atoms with Crippen molar-refractivity contribution in [1.29, 1.82) is 0 Å². The van der Waals surface area contributed by atoms with Gasteiger partial charge in [-0.3, -0.25) is 19.8 Å². The van der Waals surface area contributed by atoms with Crippen LogP contribution in [0.2, 0.25) is 0 Å². The van der Waals surface area contributed by atoms with Crippen LogP contribution in [0, 0.1) is 10.1 Å². The van der Waals surface area contributed by atoms with E-state index in [1.165, 1.54) is 18.2 Å². The Morgan fingerprint density at radius 1 is 1.52 bits per heavy atom. The second-order valence-electron chi connectivity index (χ2n) is 5.33. The lowest BCUT2D eigenvalue weighted by Gasteiger charge is -2.31. The number of carbonyl (C=O) groups excluding carboxylic acids is 1. The quantitative estimate of drug-likeness (QED) is 0.578. The van der Waals surface area contributed by atoms with Crippen molar-refractivity contribution in [3.63, 3.8) is 0 Å². The van der Waals surface area contributed by atoms with Crippen molar-refractivity contribution >= 4 is 45.6 Å². The smallest absolute Gasteiger partial charge is 0.270 e. The molecule has 1 fully saturated rings. The third-order valence-corrected chi connectivity index (χ3v) is 4.37. The number of nitro groups is 1. The molecular formula is C14H20BrClN4O3. The number of non-ortho nitro benzene ring substituents is 1. The summed E-state index contributed by atoms with van der Waals surface area (Å²) < 4.78 is 0.502. The average molecular weight is 408 g/mol. The van der Waals surface area contributed by atoms with Crippen LogP contribution in [0.15, 0.2) is 22.7 Å². The number of piperidine rings is 1. The van der Waals surface area contributed by atoms with Crippen LogP contribution in [0.25, 0.3) is 0 Å². The molecule has 1 unspecified atom stereocenters. The molecule has 2 rings (SSSR count). The van der Waals surface area contributed by atoms with Gasteiger partial charge >= 0.3 is 0 Å². The zero-order valence-corrected chi connectivity index (χ0v) is 15.2. The molecule has 0 aromatic heterocycles. The number of nitrogens with zero attached hydrogens (tertiary/aromatic N) is 2. The molecule has 0 spiro atoms. The summed E-state index contributed by atoms with van der Waals surface area (Å²) >= 11 is 3.25. The molecule has 2 N–H and O–H groups in total. The number of amides is 1. The summed E-state index contributed by atoms with van der Waals surface area (Å²) in [6, 6.07) is 4.71. The largest absolute Gasteiger partial charge is 0.324 e. The predicted molar refractivity (Wildman–Crippen MR) is 95.2 cm³/mol. The first-order chi connectivity index (χ1) is 10.5. The number of anilines is 1. The third kappa shape index (κ3) is 5.72. The Morgan fingerprint density at radius 2 is 2.26 bits per heavy atom. The third-order valence-electron chi connectivity index (χ3n) is 3.72. The number of rotatable bonds is 5. The molecule has 1 aliphatic heterocycles. The van der Waals surface area contributed by atoms with E-state index in [4.69, 9.17) is 0 Å². The molecule has 1 amide bonds. The summed E-state index contributed by atoms with van der Waals surface area (Å²) in [7, 11) is 1.93. The van der Waals surface area contributed by atoms with E-state index < -0.39 is 4.92 Å². The van der Waals surface area contributed by atoms with Gasteiger partial charge in [0.05, 0.1) is 17.2 Å². The molecule has 0 radical (unpaired) electrons. The van der Waals surface area contributed by atoms with E-state index >= 15 is 0 Å². The number of benzene rings is 1. The van der Waals surface area contributed by atoms with E-state index in [2.05, 4.69) is 31.5 Å². The number of likely N-dealkylation sites (N-methyl/N-ethyl adjacent to an activating group) is 1. The Morgan fingerprint density at radius 3 is 2.87 bits per heavy atom. The highest BCUT2D eigenvalue weighted by Gasteiger charge is 2.20. The molecule has 0 aliphatic carbocycles. The van der Waals surface area contributed by atoms with Gasteiger partial charge in [0.25, 0.3) is 5.69 Å². The Balaban J connectivity index is 0.00000264. The molecule has 23 heavy (non-hydrogen) atoms. The van der Waals surface area contributed by atoms with Gasteiger partial charge in [0.1, 0.15) is 0 Å². The summed E-state index contributed by atoms with van der Waals surface area (Å²) in [5.74, 6) is -0.119. The van der Waals surface area contributed by atoms with Crippen molar-refractivity contribution in [3.05, 3.63) is 32.8 Å². The number of nitrogens with one attached hydrogen (secondary N) is 2. The maximum atomic E-state index is 12.1. The van der Waals surface area contributed by atoms with Crippen LogP contribution in [0.5, 0.6) is 0 Å². The van der Waals surface area contributed by atoms with Gasteiger partial charge in [0.15, 0.2) is 0 Å². The van der Waals surface area contributed by atoms with Crippen LogP contribution >= 0.6 is 28.3 Å². The van der Waals surface area contributed by atoms with E-state index in [1.54, 1.807) is 0 Å². The first kappa shape index (κ1) is 19.8. The van der Waals surface area contributed by atoms with Gasteiger partial charge in [-0.25, -0.2) is 0 Å². The van der Waals surface area contributed by atoms with E-state index in [1.807, 2.05) is 7.05 Å². The topological polar surface area (TPSA) is 87.5 Å². The van der Waals surface area contributed by atoms with E-state index in [-0.39, 0.29) is 24.0 Å². The van der Waals surface area contributed by atoms with Crippen molar-refractivity contribution in [1.82, 2.24) is 10.2 Å². The Labute approximate surface area is 149 Å². The van der Waals surface area contributed by atoms with Crippen LogP contribution in [-0.4, -0.2) is 48.5 Å². The number of halogens is 2. The molecule has 1 atom stereocenters. The van der Waals surface area contributed by atoms with Crippen molar-refractivity contribution in [2.75, 3.05) is 32.0 Å². The number of carbonyl (C=O) groups is 1. The molecule has 1 aromatic rings. The normalized spacial score (nSPS) is 18.1. The lowest BCUT2D eigenvalue weighted by atomic mass is 10.1. The molecule has 0 bridgehead atoms. The van der Waals surface area contributed by atoms with E-state index in [9.17, 15) is 14.9 Å². The summed E-state index contributed by atoms with van der Waals surface area (Å²) in [5.41, 5.74) is 0.524. The number of nitro benzene ring substituents is 1. The second-order valence-corrected chi connectivity index (χ2v) is 6.19. The zero-order chi connectivity index (χ0) is 16.1. The Hall–Kier alpha value is -1.22. The Bertz CT molecular complexity index is 573. The molecule has 1 aliphatic rings. The molecule has 9 heteroatoms. The van der Waals surface area contributed by atoms with Gasteiger partial charge in [0.2, 0.25) is 5.91 Å². The molecule has 1 aromatic carbocycles. The second kappa shape index (κ2) is 9.17. The van der Waals surface area contributed by atoms with Crippen molar-refractivity contribution in [2.24, 2.45) is 0 Å². The first-order valence-electron chi connectivity index (χ1n) is 7.13. The summed E-state index contributed by atoms with van der Waals surface area (Å²) in [6.07, 6.45) is 2.20. The van der Waals surface area contributed by atoms with Gasteiger partial charge in [-0.15, -0.1) is 12.4 Å². The van der Waals surface area contributed by atoms with Gasteiger partial charge < -0.3 is 10.6 Å². The van der Waals surface area contributed by atoms with Crippen molar-refractivity contribution in [3.8, 4) is 0 Å². The minimum atomic E-state index is -0.470. The minimum absolute atomic E-state index is 0. The molecule has 1 heterocycles. The highest BCUT2D eigenvalue weighted by molar-refractivity contribution is 9.10. The molecule has 128 valence electrons. The molecule has 0 saturated carbocycles. The highest BCUT2D eigenvalue weighted by atomic mass is 79.9. The van der Waals surface area contributed by atoms with Gasteiger partial charge in [-0.2, -0.15) is 0 Å². The number of likely N-dealkylation sites (tertiary alicyclic amines) is 1. The highest BCUT2D eigenvalue weighted by Crippen LogP contribution is 2.27. The molecular weight excluding hydrogens is 388 g/mol. The number of hydrogen-bond acceptors (Lipinski definition) is 5. The average Bonchev–Trinajstić information content (AvgIpc) is 2.49. The van der Waals surface area contributed by atoms with Gasteiger partial charge in [-0.05, 0) is 48.4 Å². The SMILES string of the molecule is CNC1CCCN(CC(=O)Nc2ccc([N+](=O)[O-])cc2Br)C1.Cl. The number of hydrogen-bond donors (Lipinski definition) is 2. The van der Waals surface area contributed by atoms with Crippen LogP contribution in [0.4, 0.5) is 11.4 Å². The van der Waals surface area contributed by atoms with Crippen LogP contribution in [0.1, 0.15) is 12.8 Å². The van der Waals surface area contributed by atoms with Crippen LogP contribution in [-0.2, 0) is 4.79 Å². The summed E-state index contributed by atoms with van der Waals surface area (Å²) in [5, 5.41) is 16.7. The minimum Gasteiger partial charge on any atom is -0.324 e. The van der Waals surface area contributed by atoms with E-state index in [0.717, 1.165) is 25.9 Å². The fourth-order valence-electron chi connectivity index (χ4n) is 2.55. The van der Waals surface area contributed by atoms with Gasteiger partial charge in [0, 0.05) is 29.2 Å². The van der Waals surface area contributed by atoms with Crippen LogP contribution in [0.3, 0.4) is 0 Å². The molecule has 1 saturated heterocycles. The lowest BCUT2D eigenvalue weighted by molar-refractivity contribution is -0.384. The van der Waals surface area contributed by atoms with Crippen molar-refractivity contribution in [2.45, 2.75) is 18.9 Å². The fourth-order valence-corrected chi connectivity index (χ4v) is 3.01. The van der Waals surface area contributed by atoms with E-state index in [0.29, 0.717) is 22.7 Å². The fraction of sp³-hybridized carbons (Fsp3) is 0.500. The molecule has 7 nitrogen and oxygen atoms in total. The van der Waals surface area contributed by atoms with Crippen molar-refractivity contribution < 1.29 is 9.72 Å². The predicted octanol–water partition coefficient (Wildman–Crippen LogP) is 2.40. The summed E-state index contributed by atoms with van der Waals surface area (Å²) in [4.78, 5) is 24.5.